The predicted molar refractivity (Wildman–Crippen MR) is 76.1 cm³/mol. The molecule has 5 nitrogen and oxygen atoms in total. The van der Waals surface area contributed by atoms with Crippen LogP contribution < -0.4 is 0 Å². The molecule has 1 aromatic heterocycles. The van der Waals surface area contributed by atoms with Gasteiger partial charge in [0.1, 0.15) is 6.61 Å². The number of ether oxygens (including phenoxy) is 2. The number of nitrogens with zero attached hydrogens (tertiary/aromatic N) is 1. The van der Waals surface area contributed by atoms with Gasteiger partial charge < -0.3 is 9.47 Å². The Morgan fingerprint density at radius 2 is 1.81 bits per heavy atom. The first-order valence-corrected chi connectivity index (χ1v) is 6.44. The molecule has 2 aromatic rings. The number of hydrogen-bond acceptors (Lipinski definition) is 5. The van der Waals surface area contributed by atoms with Crippen LogP contribution in [-0.2, 0) is 25.7 Å². The average molecular weight is 285 g/mol. The molecule has 0 N–H and O–H groups in total. The van der Waals surface area contributed by atoms with Gasteiger partial charge in [0, 0.05) is 18.7 Å². The molecule has 0 atom stereocenters. The fraction of sp³-hybridized carbons (Fsp3) is 0.188. The molecule has 0 fully saturated rings. The molecule has 0 aliphatic rings. The third kappa shape index (κ3) is 4.72. The summed E-state index contributed by atoms with van der Waals surface area (Å²) in [5, 5.41) is 0. The van der Waals surface area contributed by atoms with Crippen molar-refractivity contribution in [2.24, 2.45) is 0 Å². The number of benzene rings is 1. The molecule has 0 unspecified atom stereocenters. The van der Waals surface area contributed by atoms with Crippen LogP contribution in [0.3, 0.4) is 0 Å². The van der Waals surface area contributed by atoms with Gasteiger partial charge in [0.2, 0.25) is 0 Å². The summed E-state index contributed by atoms with van der Waals surface area (Å²) < 4.78 is 9.54. The van der Waals surface area contributed by atoms with Crippen LogP contribution in [0, 0.1) is 0 Å². The van der Waals surface area contributed by atoms with E-state index in [1.807, 2.05) is 42.5 Å². The summed E-state index contributed by atoms with van der Waals surface area (Å²) in [5.74, 6) is -1.08. The van der Waals surface area contributed by atoms with Gasteiger partial charge in [-0.05, 0) is 17.7 Å². The van der Waals surface area contributed by atoms with E-state index in [0.29, 0.717) is 0 Å². The minimum Gasteiger partial charge on any atom is -0.458 e. The topological polar surface area (TPSA) is 65.5 Å². The number of hydrogen-bond donors (Lipinski definition) is 0. The van der Waals surface area contributed by atoms with E-state index < -0.39 is 11.9 Å². The highest BCUT2D eigenvalue weighted by Crippen LogP contribution is 2.17. The van der Waals surface area contributed by atoms with E-state index in [0.717, 1.165) is 16.8 Å². The third-order valence-corrected chi connectivity index (χ3v) is 2.71. The maximum Gasteiger partial charge on any atom is 0.344 e. The Bertz CT molecular complexity index is 608. The van der Waals surface area contributed by atoms with E-state index >= 15 is 0 Å². The highest BCUT2D eigenvalue weighted by atomic mass is 16.6. The lowest BCUT2D eigenvalue weighted by molar-refractivity contribution is -0.158. The molecule has 2 rings (SSSR count). The van der Waals surface area contributed by atoms with Crippen molar-refractivity contribution < 1.29 is 19.1 Å². The van der Waals surface area contributed by atoms with Crippen LogP contribution in [0.25, 0.3) is 11.3 Å². The highest BCUT2D eigenvalue weighted by Gasteiger charge is 2.06. The molecule has 108 valence electrons. The number of aromatic nitrogens is 1. The molecule has 0 radical (unpaired) electrons. The summed E-state index contributed by atoms with van der Waals surface area (Å²) in [5.41, 5.74) is 2.73. The summed E-state index contributed by atoms with van der Waals surface area (Å²) in [6.45, 7) is 1.02. The van der Waals surface area contributed by atoms with Gasteiger partial charge in [0.15, 0.2) is 6.61 Å². The molecular formula is C16H15NO4. The zero-order valence-corrected chi connectivity index (χ0v) is 11.6. The van der Waals surface area contributed by atoms with E-state index in [4.69, 9.17) is 4.74 Å². The lowest BCUT2D eigenvalue weighted by Crippen LogP contribution is -2.14. The van der Waals surface area contributed by atoms with Crippen LogP contribution in [0.5, 0.6) is 0 Å². The van der Waals surface area contributed by atoms with Crippen LogP contribution in [-0.4, -0.2) is 23.5 Å². The SMILES string of the molecule is CC(=O)OCC(=O)OCc1ccc(-c2ccccn2)cc1. The highest BCUT2D eigenvalue weighted by molar-refractivity contribution is 5.75. The van der Waals surface area contributed by atoms with Gasteiger partial charge in [-0.3, -0.25) is 9.78 Å². The first-order chi connectivity index (χ1) is 10.1. The second kappa shape index (κ2) is 7.19. The quantitative estimate of drug-likeness (QED) is 0.789. The van der Waals surface area contributed by atoms with E-state index in [-0.39, 0.29) is 13.2 Å². The van der Waals surface area contributed by atoms with Crippen molar-refractivity contribution in [2.45, 2.75) is 13.5 Å². The predicted octanol–water partition coefficient (Wildman–Crippen LogP) is 2.35. The van der Waals surface area contributed by atoms with Crippen molar-refractivity contribution in [1.82, 2.24) is 4.98 Å². The zero-order chi connectivity index (χ0) is 15.1. The Morgan fingerprint density at radius 3 is 2.43 bits per heavy atom. The summed E-state index contributed by atoms with van der Waals surface area (Å²) in [6, 6.07) is 13.3. The Kier molecular flexibility index (Phi) is 5.04. The van der Waals surface area contributed by atoms with Crippen LogP contribution in [0.1, 0.15) is 12.5 Å². The standard InChI is InChI=1S/C16H15NO4/c1-12(18)20-11-16(19)21-10-13-5-7-14(8-6-13)15-4-2-3-9-17-15/h2-9H,10-11H2,1H3. The van der Waals surface area contributed by atoms with Crippen molar-refractivity contribution in [3.8, 4) is 11.3 Å². The molecule has 21 heavy (non-hydrogen) atoms. The summed E-state index contributed by atoms with van der Waals surface area (Å²) in [6.07, 6.45) is 1.74. The second-order valence-electron chi connectivity index (χ2n) is 4.35. The average Bonchev–Trinajstić information content (AvgIpc) is 2.52. The molecule has 0 saturated heterocycles. The molecule has 0 amide bonds. The van der Waals surface area contributed by atoms with Crippen molar-refractivity contribution in [2.75, 3.05) is 6.61 Å². The Labute approximate surface area is 122 Å². The largest absolute Gasteiger partial charge is 0.458 e. The van der Waals surface area contributed by atoms with Gasteiger partial charge in [-0.2, -0.15) is 0 Å². The van der Waals surface area contributed by atoms with E-state index in [9.17, 15) is 9.59 Å². The second-order valence-corrected chi connectivity index (χ2v) is 4.35. The molecule has 0 aliphatic carbocycles. The summed E-state index contributed by atoms with van der Waals surface area (Å²) in [7, 11) is 0. The maximum absolute atomic E-state index is 11.3. The number of esters is 2. The lowest BCUT2D eigenvalue weighted by atomic mass is 10.1. The van der Waals surface area contributed by atoms with E-state index in [2.05, 4.69) is 9.72 Å². The van der Waals surface area contributed by atoms with E-state index in [1.165, 1.54) is 6.92 Å². The van der Waals surface area contributed by atoms with Crippen LogP contribution in [0.4, 0.5) is 0 Å². The maximum atomic E-state index is 11.3. The van der Waals surface area contributed by atoms with Crippen LogP contribution in [0.2, 0.25) is 0 Å². The van der Waals surface area contributed by atoms with Gasteiger partial charge in [0.25, 0.3) is 0 Å². The normalized spacial score (nSPS) is 9.95. The minimum absolute atomic E-state index is 0.141. The molecular weight excluding hydrogens is 270 g/mol. The zero-order valence-electron chi connectivity index (χ0n) is 11.6. The van der Waals surface area contributed by atoms with Gasteiger partial charge in [-0.1, -0.05) is 30.3 Å². The Morgan fingerprint density at radius 1 is 1.05 bits per heavy atom. The smallest absolute Gasteiger partial charge is 0.344 e. The fourth-order valence-corrected chi connectivity index (χ4v) is 1.67. The molecule has 1 heterocycles. The van der Waals surface area contributed by atoms with Gasteiger partial charge >= 0.3 is 11.9 Å². The molecule has 5 heteroatoms. The van der Waals surface area contributed by atoms with Crippen molar-refractivity contribution in [1.29, 1.82) is 0 Å². The molecule has 1 aromatic carbocycles. The molecule has 0 aliphatic heterocycles. The molecule has 0 spiro atoms. The fourth-order valence-electron chi connectivity index (χ4n) is 1.67. The first-order valence-electron chi connectivity index (χ1n) is 6.44. The monoisotopic (exact) mass is 285 g/mol. The van der Waals surface area contributed by atoms with Crippen molar-refractivity contribution in [3.63, 3.8) is 0 Å². The first kappa shape index (κ1) is 14.7. The lowest BCUT2D eigenvalue weighted by Gasteiger charge is -2.06. The van der Waals surface area contributed by atoms with E-state index in [1.54, 1.807) is 6.20 Å². The number of carbonyl (C=O) groups is 2. The minimum atomic E-state index is -0.570. The summed E-state index contributed by atoms with van der Waals surface area (Å²) >= 11 is 0. The number of pyridine rings is 1. The number of carbonyl (C=O) groups excluding carboxylic acids is 2. The van der Waals surface area contributed by atoms with Crippen molar-refractivity contribution >= 4 is 11.9 Å². The van der Waals surface area contributed by atoms with Gasteiger partial charge in [-0.25, -0.2) is 4.79 Å². The van der Waals surface area contributed by atoms with Crippen LogP contribution >= 0.6 is 0 Å². The third-order valence-electron chi connectivity index (χ3n) is 2.71. The Hall–Kier alpha value is -2.69. The van der Waals surface area contributed by atoms with Crippen LogP contribution in [0.15, 0.2) is 48.7 Å². The Balaban J connectivity index is 1.88. The van der Waals surface area contributed by atoms with Gasteiger partial charge in [0.05, 0.1) is 5.69 Å². The summed E-state index contributed by atoms with van der Waals surface area (Å²) in [4.78, 5) is 26.1. The molecule has 0 bridgehead atoms. The number of rotatable bonds is 5. The molecule has 0 saturated carbocycles. The van der Waals surface area contributed by atoms with Crippen molar-refractivity contribution in [3.05, 3.63) is 54.2 Å². The van der Waals surface area contributed by atoms with Gasteiger partial charge in [-0.15, -0.1) is 0 Å².